The average molecular weight is 699 g/mol. The van der Waals surface area contributed by atoms with Crippen molar-refractivity contribution in [3.63, 3.8) is 0 Å². The van der Waals surface area contributed by atoms with Crippen molar-refractivity contribution < 1.29 is 4.74 Å². The van der Waals surface area contributed by atoms with E-state index in [0.717, 1.165) is 46.6 Å². The first-order valence-electron chi connectivity index (χ1n) is 18.5. The fraction of sp³-hybridized carbons (Fsp3) is 0.229. The standard InChI is InChI=1S/C48H50N4O/c1-32-22-34(3)46(35(4)23-32)38-18-19-49-45(26-38)52(40-14-11-10-12-15-40)41-16-13-17-43(29-41)53-44-28-39(48(7,8)9)27-42(30-44)50-20-21-51(31-50)47-36(5)24-33(2)25-37(47)6/h10-30H,31H2,1-9H3. The van der Waals surface area contributed by atoms with Gasteiger partial charge in [-0.25, -0.2) is 4.98 Å². The van der Waals surface area contributed by atoms with Crippen LogP contribution in [0.25, 0.3) is 11.1 Å². The van der Waals surface area contributed by atoms with Gasteiger partial charge >= 0.3 is 0 Å². The number of anilines is 5. The van der Waals surface area contributed by atoms with Crippen molar-refractivity contribution in [3.05, 3.63) is 167 Å². The van der Waals surface area contributed by atoms with Crippen LogP contribution in [-0.4, -0.2) is 11.7 Å². The summed E-state index contributed by atoms with van der Waals surface area (Å²) in [6.07, 6.45) is 6.26. The number of ether oxygens (including phenoxy) is 1. The molecule has 0 bridgehead atoms. The summed E-state index contributed by atoms with van der Waals surface area (Å²) in [6, 6.07) is 38.7. The number of hydrogen-bond donors (Lipinski definition) is 0. The summed E-state index contributed by atoms with van der Waals surface area (Å²) in [4.78, 5) is 11.7. The molecule has 0 unspecified atom stereocenters. The Labute approximate surface area is 315 Å². The van der Waals surface area contributed by atoms with E-state index in [1.807, 2.05) is 18.3 Å². The van der Waals surface area contributed by atoms with Gasteiger partial charge in [0.05, 0.1) is 12.4 Å². The van der Waals surface area contributed by atoms with Crippen molar-refractivity contribution in [2.75, 3.05) is 21.4 Å². The summed E-state index contributed by atoms with van der Waals surface area (Å²) in [5.74, 6) is 2.40. The number of pyridine rings is 1. The van der Waals surface area contributed by atoms with Crippen molar-refractivity contribution in [3.8, 4) is 22.6 Å². The highest BCUT2D eigenvalue weighted by atomic mass is 16.5. The second-order valence-corrected chi connectivity index (χ2v) is 15.5. The summed E-state index contributed by atoms with van der Waals surface area (Å²) in [5.41, 5.74) is 15.5. The number of rotatable bonds is 8. The van der Waals surface area contributed by atoms with Crippen LogP contribution in [0.4, 0.5) is 28.6 Å². The molecular formula is C48H50N4O. The Bertz CT molecular complexity index is 2270. The lowest BCUT2D eigenvalue weighted by Gasteiger charge is -2.27. The molecule has 5 nitrogen and oxygen atoms in total. The highest BCUT2D eigenvalue weighted by molar-refractivity contribution is 5.80. The summed E-state index contributed by atoms with van der Waals surface area (Å²) >= 11 is 0. The second-order valence-electron chi connectivity index (χ2n) is 15.5. The molecule has 2 heterocycles. The molecule has 5 aromatic carbocycles. The van der Waals surface area contributed by atoms with Gasteiger partial charge in [0.2, 0.25) is 0 Å². The number of aromatic nitrogens is 1. The van der Waals surface area contributed by atoms with Gasteiger partial charge in [-0.3, -0.25) is 4.90 Å². The molecule has 7 rings (SSSR count). The Morgan fingerprint density at radius 2 is 1.25 bits per heavy atom. The molecule has 0 radical (unpaired) electrons. The van der Waals surface area contributed by atoms with E-state index in [-0.39, 0.29) is 5.41 Å². The Morgan fingerprint density at radius 3 is 1.92 bits per heavy atom. The monoisotopic (exact) mass is 698 g/mol. The summed E-state index contributed by atoms with van der Waals surface area (Å²) in [6.45, 7) is 20.6. The lowest BCUT2D eigenvalue weighted by Crippen LogP contribution is -2.26. The topological polar surface area (TPSA) is 31.8 Å². The van der Waals surface area contributed by atoms with E-state index in [1.165, 1.54) is 50.2 Å². The number of nitrogens with zero attached hydrogens (tertiary/aromatic N) is 4. The smallest absolute Gasteiger partial charge is 0.138 e. The molecule has 0 N–H and O–H groups in total. The van der Waals surface area contributed by atoms with Gasteiger partial charge in [0, 0.05) is 47.8 Å². The van der Waals surface area contributed by atoms with E-state index in [2.05, 4.69) is 186 Å². The highest BCUT2D eigenvalue weighted by Crippen LogP contribution is 2.40. The summed E-state index contributed by atoms with van der Waals surface area (Å²) in [7, 11) is 0. The van der Waals surface area contributed by atoms with Crippen LogP contribution in [0.1, 0.15) is 59.7 Å². The third kappa shape index (κ3) is 7.57. The first kappa shape index (κ1) is 35.6. The van der Waals surface area contributed by atoms with Gasteiger partial charge in [-0.1, -0.05) is 80.4 Å². The summed E-state index contributed by atoms with van der Waals surface area (Å²) < 4.78 is 6.76. The van der Waals surface area contributed by atoms with Gasteiger partial charge in [-0.2, -0.15) is 0 Å². The minimum absolute atomic E-state index is 0.0712. The zero-order valence-electron chi connectivity index (χ0n) is 32.5. The van der Waals surface area contributed by atoms with Gasteiger partial charge in [0.25, 0.3) is 0 Å². The predicted molar refractivity (Wildman–Crippen MR) is 223 cm³/mol. The Kier molecular flexibility index (Phi) is 9.61. The fourth-order valence-electron chi connectivity index (χ4n) is 7.74. The molecule has 0 saturated heterocycles. The van der Waals surface area contributed by atoms with Crippen molar-refractivity contribution >= 4 is 28.6 Å². The van der Waals surface area contributed by atoms with Crippen LogP contribution in [0, 0.1) is 41.5 Å². The van der Waals surface area contributed by atoms with Gasteiger partial charge in [0.15, 0.2) is 0 Å². The molecule has 1 aromatic heterocycles. The molecule has 1 aliphatic rings. The van der Waals surface area contributed by atoms with Gasteiger partial charge < -0.3 is 14.5 Å². The molecule has 0 amide bonds. The van der Waals surface area contributed by atoms with Crippen LogP contribution in [0.3, 0.4) is 0 Å². The number of aryl methyl sites for hydroxylation is 6. The van der Waals surface area contributed by atoms with Crippen molar-refractivity contribution in [2.24, 2.45) is 0 Å². The van der Waals surface area contributed by atoms with Crippen LogP contribution in [0.15, 0.2) is 128 Å². The fourth-order valence-corrected chi connectivity index (χ4v) is 7.74. The van der Waals surface area contributed by atoms with Crippen molar-refractivity contribution in [1.29, 1.82) is 0 Å². The summed E-state index contributed by atoms with van der Waals surface area (Å²) in [5, 5.41) is 0. The van der Waals surface area contributed by atoms with Crippen molar-refractivity contribution in [1.82, 2.24) is 4.98 Å². The maximum atomic E-state index is 6.76. The molecule has 268 valence electrons. The van der Waals surface area contributed by atoms with E-state index in [4.69, 9.17) is 9.72 Å². The minimum Gasteiger partial charge on any atom is -0.457 e. The van der Waals surface area contributed by atoms with Gasteiger partial charge in [-0.05, 0) is 134 Å². The molecule has 0 aliphatic carbocycles. The first-order valence-corrected chi connectivity index (χ1v) is 18.5. The van der Waals surface area contributed by atoms with Gasteiger partial charge in [-0.15, -0.1) is 0 Å². The largest absolute Gasteiger partial charge is 0.457 e. The third-order valence-electron chi connectivity index (χ3n) is 10.0. The number of hydrogen-bond acceptors (Lipinski definition) is 5. The first-order chi connectivity index (χ1) is 25.3. The van der Waals surface area contributed by atoms with E-state index in [1.54, 1.807) is 0 Å². The quantitative estimate of drug-likeness (QED) is 0.158. The van der Waals surface area contributed by atoms with Gasteiger partial charge in [0.1, 0.15) is 17.3 Å². The second kappa shape index (κ2) is 14.3. The number of para-hydroxylation sites is 1. The average Bonchev–Trinajstić information content (AvgIpc) is 3.58. The molecule has 0 fully saturated rings. The highest BCUT2D eigenvalue weighted by Gasteiger charge is 2.23. The molecule has 53 heavy (non-hydrogen) atoms. The van der Waals surface area contributed by atoms with E-state index >= 15 is 0 Å². The Hall–Kier alpha value is -5.81. The molecular weight excluding hydrogens is 649 g/mol. The zero-order chi connectivity index (χ0) is 37.4. The normalized spacial score (nSPS) is 12.8. The lowest BCUT2D eigenvalue weighted by atomic mass is 9.86. The Balaban J connectivity index is 1.23. The Morgan fingerprint density at radius 1 is 0.604 bits per heavy atom. The zero-order valence-corrected chi connectivity index (χ0v) is 32.5. The van der Waals surface area contributed by atoms with Crippen LogP contribution >= 0.6 is 0 Å². The lowest BCUT2D eigenvalue weighted by molar-refractivity contribution is 0.479. The van der Waals surface area contributed by atoms with E-state index < -0.39 is 0 Å². The van der Waals surface area contributed by atoms with Crippen LogP contribution < -0.4 is 19.4 Å². The molecule has 1 aliphatic heterocycles. The molecule has 0 spiro atoms. The molecule has 0 atom stereocenters. The maximum absolute atomic E-state index is 6.76. The van der Waals surface area contributed by atoms with Crippen LogP contribution in [0.2, 0.25) is 0 Å². The van der Waals surface area contributed by atoms with Crippen molar-refractivity contribution in [2.45, 2.75) is 67.7 Å². The van der Waals surface area contributed by atoms with E-state index in [9.17, 15) is 0 Å². The van der Waals surface area contributed by atoms with Crippen LogP contribution in [0.5, 0.6) is 11.5 Å². The minimum atomic E-state index is -0.0712. The molecule has 5 heteroatoms. The van der Waals surface area contributed by atoms with E-state index in [0.29, 0.717) is 0 Å². The maximum Gasteiger partial charge on any atom is 0.138 e. The number of benzene rings is 5. The third-order valence-corrected chi connectivity index (χ3v) is 10.0. The SMILES string of the molecule is Cc1cc(C)c(-c2ccnc(N(c3ccccc3)c3cccc(Oc4cc(N5C=CN(c6c(C)cc(C)cc6C)C5)cc(C(C)(C)C)c4)c3)c2)c(C)c1. The molecule has 0 saturated carbocycles. The predicted octanol–water partition coefficient (Wildman–Crippen LogP) is 12.9. The van der Waals surface area contributed by atoms with Crippen LogP contribution in [-0.2, 0) is 5.41 Å². The molecule has 6 aromatic rings.